The fourth-order valence-electron chi connectivity index (χ4n) is 3.03. The van der Waals surface area contributed by atoms with E-state index in [0.29, 0.717) is 17.5 Å². The Labute approximate surface area is 155 Å². The van der Waals surface area contributed by atoms with Gasteiger partial charge in [0.25, 0.3) is 0 Å². The lowest BCUT2D eigenvalue weighted by Gasteiger charge is -2.36. The zero-order valence-electron chi connectivity index (χ0n) is 15.8. The van der Waals surface area contributed by atoms with Crippen LogP contribution in [-0.4, -0.2) is 49.2 Å². The Kier molecular flexibility index (Phi) is 7.44. The highest BCUT2D eigenvalue weighted by atomic mass is 19.1. The van der Waals surface area contributed by atoms with Gasteiger partial charge in [0.1, 0.15) is 5.76 Å². The number of piperidine rings is 1. The number of allylic oxidation sites excluding steroid dienone is 1. The van der Waals surface area contributed by atoms with E-state index in [1.165, 1.54) is 18.3 Å². The Bertz CT molecular complexity index is 639. The van der Waals surface area contributed by atoms with Crippen molar-refractivity contribution in [3.8, 4) is 5.75 Å². The van der Waals surface area contributed by atoms with Gasteiger partial charge >= 0.3 is 0 Å². The number of nitrogen functional groups attached to an aromatic ring is 1. The number of nitrogens with zero attached hydrogens (tertiary/aromatic N) is 2. The summed E-state index contributed by atoms with van der Waals surface area (Å²) in [7, 11) is 4.25. The predicted molar refractivity (Wildman–Crippen MR) is 104 cm³/mol. The maximum Gasteiger partial charge on any atom is 0.167 e. The van der Waals surface area contributed by atoms with Crippen LogP contribution in [0.3, 0.4) is 0 Å². The van der Waals surface area contributed by atoms with E-state index in [9.17, 15) is 4.39 Å². The largest absolute Gasteiger partial charge is 0.455 e. The summed E-state index contributed by atoms with van der Waals surface area (Å²) in [4.78, 5) is 2.28. The molecule has 1 aromatic rings. The molecule has 1 aliphatic heterocycles. The van der Waals surface area contributed by atoms with E-state index in [2.05, 4.69) is 29.4 Å². The fraction of sp³-hybridized carbons (Fsp3) is 0.474. The van der Waals surface area contributed by atoms with Crippen LogP contribution in [0.25, 0.3) is 0 Å². The first-order valence-corrected chi connectivity index (χ1v) is 8.89. The molecule has 7 heteroatoms. The quantitative estimate of drug-likeness (QED) is 0.391. The SMILES string of the molecule is CC(/C=C(\C=C/N)Oc1ccc(N)cc1F)NN1CCC(N(C)C)CC1. The lowest BCUT2D eigenvalue weighted by molar-refractivity contribution is 0.0947. The van der Waals surface area contributed by atoms with Crippen molar-refractivity contribution >= 4 is 5.69 Å². The van der Waals surface area contributed by atoms with Gasteiger partial charge < -0.3 is 21.1 Å². The third kappa shape index (κ3) is 6.01. The minimum atomic E-state index is -0.507. The average Bonchev–Trinajstić information content (AvgIpc) is 2.58. The van der Waals surface area contributed by atoms with Gasteiger partial charge in [0, 0.05) is 36.9 Å². The molecule has 1 aliphatic rings. The highest BCUT2D eigenvalue weighted by Gasteiger charge is 2.21. The van der Waals surface area contributed by atoms with Crippen molar-refractivity contribution in [1.29, 1.82) is 0 Å². The van der Waals surface area contributed by atoms with E-state index in [1.54, 1.807) is 12.1 Å². The van der Waals surface area contributed by atoms with Crippen molar-refractivity contribution in [3.63, 3.8) is 0 Å². The zero-order valence-corrected chi connectivity index (χ0v) is 15.8. The summed E-state index contributed by atoms with van der Waals surface area (Å²) in [5, 5.41) is 2.22. The van der Waals surface area contributed by atoms with Gasteiger partial charge in [-0.3, -0.25) is 0 Å². The number of nitrogens with one attached hydrogen (secondary N) is 1. The van der Waals surface area contributed by atoms with Gasteiger partial charge in [-0.05, 0) is 64.3 Å². The van der Waals surface area contributed by atoms with E-state index < -0.39 is 5.82 Å². The summed E-state index contributed by atoms with van der Waals surface area (Å²) in [6.45, 7) is 3.98. The molecule has 1 aromatic carbocycles. The van der Waals surface area contributed by atoms with Crippen molar-refractivity contribution in [2.45, 2.75) is 31.8 Å². The number of nitrogens with two attached hydrogens (primary N) is 2. The van der Waals surface area contributed by atoms with E-state index in [-0.39, 0.29) is 11.8 Å². The van der Waals surface area contributed by atoms with Gasteiger partial charge in [-0.2, -0.15) is 0 Å². The summed E-state index contributed by atoms with van der Waals surface area (Å²) >= 11 is 0. The normalized spacial score (nSPS) is 18.6. The van der Waals surface area contributed by atoms with E-state index >= 15 is 0 Å². The summed E-state index contributed by atoms with van der Waals surface area (Å²) in [6.07, 6.45) is 7.10. The van der Waals surface area contributed by atoms with E-state index in [1.807, 2.05) is 13.0 Å². The standard InChI is InChI=1S/C19H30FN5O/c1-14(23-25-10-7-16(8-11-25)24(2)3)12-17(6-9-21)26-19-5-4-15(22)13-18(19)20/h4-6,9,12-14,16,23H,7-8,10-11,21-22H2,1-3H3/b9-6-,17-12+. The first-order valence-electron chi connectivity index (χ1n) is 8.89. The minimum Gasteiger partial charge on any atom is -0.455 e. The van der Waals surface area contributed by atoms with Gasteiger partial charge in [0.2, 0.25) is 0 Å². The van der Waals surface area contributed by atoms with Crippen LogP contribution in [0.4, 0.5) is 10.1 Å². The van der Waals surface area contributed by atoms with Crippen LogP contribution < -0.4 is 21.6 Å². The van der Waals surface area contributed by atoms with Crippen molar-refractivity contribution < 1.29 is 9.13 Å². The van der Waals surface area contributed by atoms with Crippen LogP contribution in [0.5, 0.6) is 5.75 Å². The summed E-state index contributed by atoms with van der Waals surface area (Å²) in [6, 6.07) is 4.97. The zero-order chi connectivity index (χ0) is 19.1. The lowest BCUT2D eigenvalue weighted by atomic mass is 10.1. The highest BCUT2D eigenvalue weighted by molar-refractivity contribution is 5.43. The monoisotopic (exact) mass is 363 g/mol. The molecule has 0 saturated carbocycles. The molecule has 5 N–H and O–H groups in total. The first kappa shape index (κ1) is 20.2. The number of anilines is 1. The molecule has 1 heterocycles. The molecule has 1 unspecified atom stereocenters. The molecule has 0 aromatic heterocycles. The molecule has 26 heavy (non-hydrogen) atoms. The van der Waals surface area contributed by atoms with Crippen LogP contribution in [0.2, 0.25) is 0 Å². The maximum absolute atomic E-state index is 13.9. The Morgan fingerprint density at radius 1 is 1.38 bits per heavy atom. The molecule has 0 spiro atoms. The molecule has 1 atom stereocenters. The average molecular weight is 363 g/mol. The Balaban J connectivity index is 1.97. The molecule has 1 fully saturated rings. The van der Waals surface area contributed by atoms with Gasteiger partial charge in [-0.15, -0.1) is 0 Å². The van der Waals surface area contributed by atoms with Crippen LogP contribution >= 0.6 is 0 Å². The number of rotatable bonds is 7. The maximum atomic E-state index is 13.9. The molecule has 6 nitrogen and oxygen atoms in total. The van der Waals surface area contributed by atoms with Gasteiger partial charge in [0.15, 0.2) is 11.6 Å². The fourth-order valence-corrected chi connectivity index (χ4v) is 3.03. The smallest absolute Gasteiger partial charge is 0.167 e. The molecule has 144 valence electrons. The van der Waals surface area contributed by atoms with Crippen LogP contribution in [-0.2, 0) is 0 Å². The van der Waals surface area contributed by atoms with Crippen LogP contribution in [0, 0.1) is 5.82 Å². The van der Waals surface area contributed by atoms with E-state index in [4.69, 9.17) is 16.2 Å². The minimum absolute atomic E-state index is 0.00829. The molecular formula is C19H30FN5O. The Morgan fingerprint density at radius 3 is 2.65 bits per heavy atom. The van der Waals surface area contributed by atoms with Gasteiger partial charge in [-0.25, -0.2) is 14.8 Å². The van der Waals surface area contributed by atoms with Crippen molar-refractivity contribution in [3.05, 3.63) is 48.1 Å². The summed E-state index contributed by atoms with van der Waals surface area (Å²) in [5.74, 6) is 0.0783. The third-order valence-electron chi connectivity index (χ3n) is 4.44. The van der Waals surface area contributed by atoms with Crippen molar-refractivity contribution in [1.82, 2.24) is 15.3 Å². The second-order valence-corrected chi connectivity index (χ2v) is 6.82. The number of ether oxygens (including phenoxy) is 1. The van der Waals surface area contributed by atoms with Gasteiger partial charge in [-0.1, -0.05) is 0 Å². The molecule has 0 bridgehead atoms. The number of halogens is 1. The third-order valence-corrected chi connectivity index (χ3v) is 4.44. The van der Waals surface area contributed by atoms with E-state index in [0.717, 1.165) is 25.9 Å². The second kappa shape index (κ2) is 9.56. The number of hydrogen-bond donors (Lipinski definition) is 3. The molecule has 0 radical (unpaired) electrons. The van der Waals surface area contributed by atoms with Gasteiger partial charge in [0.05, 0.1) is 0 Å². The van der Waals surface area contributed by atoms with Crippen LogP contribution in [0.1, 0.15) is 19.8 Å². The van der Waals surface area contributed by atoms with Crippen molar-refractivity contribution in [2.24, 2.45) is 5.73 Å². The summed E-state index contributed by atoms with van der Waals surface area (Å²) in [5.41, 5.74) is 14.9. The topological polar surface area (TPSA) is 79.8 Å². The Hall–Kier alpha value is -2.09. The lowest BCUT2D eigenvalue weighted by Crippen LogP contribution is -2.50. The first-order chi connectivity index (χ1) is 12.4. The number of benzene rings is 1. The highest BCUT2D eigenvalue weighted by Crippen LogP contribution is 2.22. The van der Waals surface area contributed by atoms with Crippen molar-refractivity contribution in [2.75, 3.05) is 32.9 Å². The second-order valence-electron chi connectivity index (χ2n) is 6.82. The summed E-state index contributed by atoms with van der Waals surface area (Å²) < 4.78 is 19.6. The number of hydrazine groups is 1. The molecule has 0 amide bonds. The molecule has 2 rings (SSSR count). The van der Waals surface area contributed by atoms with Crippen LogP contribution in [0.15, 0.2) is 42.3 Å². The number of hydrogen-bond acceptors (Lipinski definition) is 6. The predicted octanol–water partition coefficient (Wildman–Crippen LogP) is 2.06. The molecular weight excluding hydrogens is 333 g/mol. The molecule has 1 saturated heterocycles. The Morgan fingerprint density at radius 2 is 2.08 bits per heavy atom. The molecule has 0 aliphatic carbocycles.